The number of ether oxygens (including phenoxy) is 1. The summed E-state index contributed by atoms with van der Waals surface area (Å²) in [6.07, 6.45) is 10.6. The van der Waals surface area contributed by atoms with Crippen LogP contribution in [0.3, 0.4) is 0 Å². The second kappa shape index (κ2) is 8.76. The molecule has 0 radical (unpaired) electrons. The Bertz CT molecular complexity index is 504. The summed E-state index contributed by atoms with van der Waals surface area (Å²) in [5, 5.41) is 8.88. The Hall–Kier alpha value is -1.59. The lowest BCUT2D eigenvalue weighted by Gasteiger charge is -2.33. The molecule has 1 aromatic rings. The van der Waals surface area contributed by atoms with Gasteiger partial charge in [-0.15, -0.1) is 0 Å². The van der Waals surface area contributed by atoms with Crippen molar-refractivity contribution in [2.45, 2.75) is 58.0 Å². The molecule has 0 bridgehead atoms. The van der Waals surface area contributed by atoms with Gasteiger partial charge in [0.25, 0.3) is 0 Å². The van der Waals surface area contributed by atoms with Gasteiger partial charge in [0, 0.05) is 0 Å². The van der Waals surface area contributed by atoms with Crippen molar-refractivity contribution in [2.24, 2.45) is 5.92 Å². The lowest BCUT2D eigenvalue weighted by atomic mass is 9.76. The molecular weight excluding hydrogens is 270 g/mol. The molecule has 2 rings (SSSR count). The number of hydrogen-bond donors (Lipinski definition) is 0. The van der Waals surface area contributed by atoms with Crippen LogP contribution in [-0.4, -0.2) is 12.7 Å². The maximum Gasteiger partial charge on any atom is 0.0991 e. The molecule has 1 saturated carbocycles. The zero-order chi connectivity index (χ0) is 15.8. The van der Waals surface area contributed by atoms with E-state index in [0.717, 1.165) is 18.6 Å². The Morgan fingerprint density at radius 1 is 1.23 bits per heavy atom. The molecule has 1 aliphatic rings. The molecule has 0 heterocycles. The normalized spacial score (nSPS) is 23.3. The van der Waals surface area contributed by atoms with Gasteiger partial charge in [0.15, 0.2) is 0 Å². The minimum atomic E-state index is 0.401. The van der Waals surface area contributed by atoms with Gasteiger partial charge in [-0.1, -0.05) is 31.2 Å². The Kier molecular flexibility index (Phi) is 6.68. The van der Waals surface area contributed by atoms with E-state index in [1.807, 2.05) is 19.1 Å². The number of allylic oxidation sites excluding steroid dienone is 1. The van der Waals surface area contributed by atoms with Crippen LogP contribution in [0.4, 0.5) is 0 Å². The summed E-state index contributed by atoms with van der Waals surface area (Å²) < 4.78 is 6.02. The molecule has 22 heavy (non-hydrogen) atoms. The number of benzene rings is 1. The van der Waals surface area contributed by atoms with E-state index >= 15 is 0 Å². The molecule has 1 aliphatic carbocycles. The van der Waals surface area contributed by atoms with Crippen LogP contribution in [0.1, 0.15) is 63.0 Å². The Labute approximate surface area is 134 Å². The Balaban J connectivity index is 1.87. The first-order valence-electron chi connectivity index (χ1n) is 8.51. The highest BCUT2D eigenvalue weighted by Gasteiger charge is 2.27. The van der Waals surface area contributed by atoms with E-state index in [0.29, 0.717) is 17.9 Å². The van der Waals surface area contributed by atoms with Crippen molar-refractivity contribution in [3.05, 3.63) is 47.5 Å². The third-order valence-corrected chi connectivity index (χ3v) is 4.85. The molecule has 1 aromatic carbocycles. The predicted octanol–water partition coefficient (Wildman–Crippen LogP) is 5.20. The minimum Gasteiger partial charge on any atom is -0.374 e. The third-order valence-electron chi connectivity index (χ3n) is 4.85. The molecule has 0 N–H and O–H groups in total. The fourth-order valence-corrected chi connectivity index (χ4v) is 3.52. The van der Waals surface area contributed by atoms with E-state index in [4.69, 9.17) is 10.00 Å². The van der Waals surface area contributed by atoms with Crippen molar-refractivity contribution >= 4 is 0 Å². The quantitative estimate of drug-likeness (QED) is 0.676. The van der Waals surface area contributed by atoms with Gasteiger partial charge in [0.1, 0.15) is 0 Å². The van der Waals surface area contributed by atoms with Crippen LogP contribution in [0, 0.1) is 17.2 Å². The Morgan fingerprint density at radius 3 is 2.45 bits per heavy atom. The molecule has 118 valence electrons. The first kappa shape index (κ1) is 16.8. The molecule has 1 unspecified atom stereocenters. The van der Waals surface area contributed by atoms with E-state index in [1.54, 1.807) is 0 Å². The van der Waals surface area contributed by atoms with Crippen LogP contribution in [0.25, 0.3) is 0 Å². The van der Waals surface area contributed by atoms with Crippen LogP contribution in [0.15, 0.2) is 36.4 Å². The smallest absolute Gasteiger partial charge is 0.0991 e. The van der Waals surface area contributed by atoms with E-state index in [9.17, 15) is 0 Å². The average Bonchev–Trinajstić information content (AvgIpc) is 2.59. The van der Waals surface area contributed by atoms with Crippen molar-refractivity contribution < 1.29 is 4.74 Å². The molecule has 2 nitrogen and oxygen atoms in total. The second-order valence-corrected chi connectivity index (χ2v) is 6.19. The van der Waals surface area contributed by atoms with Gasteiger partial charge in [-0.05, 0) is 68.6 Å². The number of nitriles is 1. The molecule has 0 aliphatic heterocycles. The van der Waals surface area contributed by atoms with Crippen LogP contribution < -0.4 is 0 Å². The highest BCUT2D eigenvalue weighted by atomic mass is 16.5. The average molecular weight is 297 g/mol. The zero-order valence-corrected chi connectivity index (χ0v) is 13.8. The van der Waals surface area contributed by atoms with E-state index in [2.05, 4.69) is 37.3 Å². The highest BCUT2D eigenvalue weighted by molar-refractivity contribution is 5.33. The summed E-state index contributed by atoms with van der Waals surface area (Å²) in [5.74, 6) is 1.35. The topological polar surface area (TPSA) is 33.0 Å². The van der Waals surface area contributed by atoms with Gasteiger partial charge in [0.05, 0.1) is 24.3 Å². The summed E-state index contributed by atoms with van der Waals surface area (Å²) in [5.41, 5.74) is 2.14. The summed E-state index contributed by atoms with van der Waals surface area (Å²) in [6.45, 7) is 5.00. The van der Waals surface area contributed by atoms with Crippen molar-refractivity contribution in [1.82, 2.24) is 0 Å². The second-order valence-electron chi connectivity index (χ2n) is 6.19. The number of nitrogens with zero attached hydrogens (tertiary/aromatic N) is 1. The van der Waals surface area contributed by atoms with Crippen molar-refractivity contribution in [1.29, 1.82) is 5.26 Å². The molecular formula is C20H27NO. The fraction of sp³-hybridized carbons (Fsp3) is 0.550. The molecule has 0 aromatic heterocycles. The lowest BCUT2D eigenvalue weighted by molar-refractivity contribution is 0.0114. The predicted molar refractivity (Wildman–Crippen MR) is 90.7 cm³/mol. The molecule has 2 heteroatoms. The maximum absolute atomic E-state index is 8.88. The third kappa shape index (κ3) is 4.45. The molecule has 1 fully saturated rings. The standard InChI is InChI=1S/C20H27NO/c1-3-5-14-22-20(4-2)19-12-10-18(11-13-19)17-8-6-16(15-21)7-9-17/h3,5-9,18-20H,4,10-14H2,1-2H3. The van der Waals surface area contributed by atoms with Gasteiger partial charge in [-0.3, -0.25) is 0 Å². The van der Waals surface area contributed by atoms with E-state index in [-0.39, 0.29) is 0 Å². The van der Waals surface area contributed by atoms with Crippen molar-refractivity contribution in [3.63, 3.8) is 0 Å². The summed E-state index contributed by atoms with van der Waals surface area (Å²) in [4.78, 5) is 0. The van der Waals surface area contributed by atoms with Gasteiger partial charge < -0.3 is 4.74 Å². The zero-order valence-electron chi connectivity index (χ0n) is 13.8. The maximum atomic E-state index is 8.88. The number of hydrogen-bond acceptors (Lipinski definition) is 2. The number of rotatable bonds is 6. The lowest BCUT2D eigenvalue weighted by Crippen LogP contribution is -2.27. The van der Waals surface area contributed by atoms with Crippen molar-refractivity contribution in [3.8, 4) is 6.07 Å². The summed E-state index contributed by atoms with van der Waals surface area (Å²) in [7, 11) is 0. The van der Waals surface area contributed by atoms with E-state index < -0.39 is 0 Å². The molecule has 0 amide bonds. The van der Waals surface area contributed by atoms with Gasteiger partial charge in [0.2, 0.25) is 0 Å². The van der Waals surface area contributed by atoms with Crippen molar-refractivity contribution in [2.75, 3.05) is 6.61 Å². The first-order chi connectivity index (χ1) is 10.8. The molecule has 1 atom stereocenters. The SMILES string of the molecule is CC=CCOC(CC)C1CCC(c2ccc(C#N)cc2)CC1. The van der Waals surface area contributed by atoms with Gasteiger partial charge in [-0.2, -0.15) is 5.26 Å². The summed E-state index contributed by atoms with van der Waals surface area (Å²) >= 11 is 0. The Morgan fingerprint density at radius 2 is 1.91 bits per heavy atom. The highest BCUT2D eigenvalue weighted by Crippen LogP contribution is 2.38. The van der Waals surface area contributed by atoms with Crippen LogP contribution >= 0.6 is 0 Å². The molecule has 0 spiro atoms. The van der Waals surface area contributed by atoms with Gasteiger partial charge in [-0.25, -0.2) is 0 Å². The monoisotopic (exact) mass is 297 g/mol. The summed E-state index contributed by atoms with van der Waals surface area (Å²) in [6, 6.07) is 10.3. The van der Waals surface area contributed by atoms with E-state index in [1.165, 1.54) is 31.2 Å². The van der Waals surface area contributed by atoms with Gasteiger partial charge >= 0.3 is 0 Å². The van der Waals surface area contributed by atoms with Crippen LogP contribution in [-0.2, 0) is 4.74 Å². The minimum absolute atomic E-state index is 0.401. The molecule has 0 saturated heterocycles. The van der Waals surface area contributed by atoms with Crippen LogP contribution in [0.5, 0.6) is 0 Å². The largest absolute Gasteiger partial charge is 0.374 e. The first-order valence-corrected chi connectivity index (χ1v) is 8.51. The van der Waals surface area contributed by atoms with Crippen LogP contribution in [0.2, 0.25) is 0 Å². The fourth-order valence-electron chi connectivity index (χ4n) is 3.52.